The molecule has 0 spiro atoms. The van der Waals surface area contributed by atoms with Gasteiger partial charge in [-0.1, -0.05) is 18.2 Å². The molecule has 0 amide bonds. The molecular weight excluding hydrogens is 254 g/mol. The normalized spacial score (nSPS) is 17.6. The maximum Gasteiger partial charge on any atom is 0.312 e. The van der Waals surface area contributed by atoms with Crippen LogP contribution in [-0.2, 0) is 11.2 Å². The van der Waals surface area contributed by atoms with Crippen LogP contribution in [0.3, 0.4) is 0 Å². The Morgan fingerprint density at radius 2 is 2.15 bits per heavy atom. The van der Waals surface area contributed by atoms with Crippen molar-refractivity contribution in [2.75, 3.05) is 12.4 Å². The molecule has 5 nitrogen and oxygen atoms in total. The van der Waals surface area contributed by atoms with Gasteiger partial charge in [0, 0.05) is 12.6 Å². The van der Waals surface area contributed by atoms with Crippen LogP contribution >= 0.6 is 0 Å². The van der Waals surface area contributed by atoms with Crippen molar-refractivity contribution in [1.82, 2.24) is 9.78 Å². The monoisotopic (exact) mass is 271 g/mol. The molecule has 1 aromatic carbocycles. The number of benzene rings is 1. The highest BCUT2D eigenvalue weighted by Crippen LogP contribution is 2.36. The largest absolute Gasteiger partial charge is 0.481 e. The first-order chi connectivity index (χ1) is 9.72. The summed E-state index contributed by atoms with van der Waals surface area (Å²) in [6.07, 6.45) is 2.43. The van der Waals surface area contributed by atoms with E-state index in [0.717, 1.165) is 29.9 Å². The number of anilines is 1. The van der Waals surface area contributed by atoms with Crippen LogP contribution in [0.25, 0.3) is 5.69 Å². The number of aromatic nitrogens is 2. The van der Waals surface area contributed by atoms with E-state index in [1.54, 1.807) is 0 Å². The van der Waals surface area contributed by atoms with Crippen molar-refractivity contribution >= 4 is 11.8 Å². The van der Waals surface area contributed by atoms with Gasteiger partial charge in [0.2, 0.25) is 0 Å². The van der Waals surface area contributed by atoms with Crippen molar-refractivity contribution in [3.05, 3.63) is 41.6 Å². The van der Waals surface area contributed by atoms with Crippen LogP contribution in [0.2, 0.25) is 0 Å². The van der Waals surface area contributed by atoms with Gasteiger partial charge in [-0.15, -0.1) is 0 Å². The Bertz CT molecular complexity index is 634. The quantitative estimate of drug-likeness (QED) is 0.899. The Morgan fingerprint density at radius 1 is 1.40 bits per heavy atom. The molecule has 5 heteroatoms. The van der Waals surface area contributed by atoms with E-state index >= 15 is 0 Å². The summed E-state index contributed by atoms with van der Waals surface area (Å²) in [4.78, 5) is 11.4. The van der Waals surface area contributed by atoms with Crippen LogP contribution in [0, 0.1) is 0 Å². The molecule has 1 atom stereocenters. The number of carbonyl (C=O) groups is 1. The maximum atomic E-state index is 11.4. The summed E-state index contributed by atoms with van der Waals surface area (Å²) in [7, 11) is 1.85. The predicted octanol–water partition coefficient (Wildman–Crippen LogP) is 2.42. The van der Waals surface area contributed by atoms with Crippen LogP contribution in [0.1, 0.15) is 30.0 Å². The Balaban J connectivity index is 2.16. The minimum Gasteiger partial charge on any atom is -0.481 e. The second-order valence-electron chi connectivity index (χ2n) is 4.99. The SMILES string of the molecule is CNc1c2c(nn1-c1ccccc1)C(C(=O)O)CCC2. The van der Waals surface area contributed by atoms with Crippen LogP contribution in [0.15, 0.2) is 30.3 Å². The third kappa shape index (κ3) is 1.95. The van der Waals surface area contributed by atoms with Gasteiger partial charge >= 0.3 is 5.97 Å². The molecule has 0 radical (unpaired) electrons. The van der Waals surface area contributed by atoms with E-state index in [1.165, 1.54) is 0 Å². The van der Waals surface area contributed by atoms with Crippen molar-refractivity contribution in [3.8, 4) is 5.69 Å². The lowest BCUT2D eigenvalue weighted by Crippen LogP contribution is -2.18. The first kappa shape index (κ1) is 12.7. The minimum absolute atomic E-state index is 0.490. The fourth-order valence-corrected chi connectivity index (χ4v) is 2.87. The fourth-order valence-electron chi connectivity index (χ4n) is 2.87. The van der Waals surface area contributed by atoms with Crippen LogP contribution in [-0.4, -0.2) is 27.9 Å². The summed E-state index contributed by atoms with van der Waals surface area (Å²) in [5.74, 6) is -0.376. The van der Waals surface area contributed by atoms with E-state index in [1.807, 2.05) is 42.1 Å². The summed E-state index contributed by atoms with van der Waals surface area (Å²) in [6, 6.07) is 9.78. The third-order valence-electron chi connectivity index (χ3n) is 3.80. The Labute approximate surface area is 117 Å². The van der Waals surface area contributed by atoms with Gasteiger partial charge < -0.3 is 10.4 Å². The molecule has 1 aromatic heterocycles. The molecule has 0 saturated carbocycles. The molecule has 3 rings (SSSR count). The van der Waals surface area contributed by atoms with E-state index in [-0.39, 0.29) is 0 Å². The predicted molar refractivity (Wildman–Crippen MR) is 76.4 cm³/mol. The number of rotatable bonds is 3. The molecule has 1 unspecified atom stereocenters. The van der Waals surface area contributed by atoms with Crippen LogP contribution in [0.4, 0.5) is 5.82 Å². The lowest BCUT2D eigenvalue weighted by atomic mass is 9.87. The second-order valence-corrected chi connectivity index (χ2v) is 4.99. The molecule has 104 valence electrons. The molecule has 1 heterocycles. The highest BCUT2D eigenvalue weighted by molar-refractivity contribution is 5.77. The molecule has 2 N–H and O–H groups in total. The number of hydrogen-bond acceptors (Lipinski definition) is 3. The molecule has 0 saturated heterocycles. The summed E-state index contributed by atoms with van der Waals surface area (Å²) in [6.45, 7) is 0. The summed E-state index contributed by atoms with van der Waals surface area (Å²) >= 11 is 0. The number of hydrogen-bond donors (Lipinski definition) is 2. The molecule has 0 bridgehead atoms. The van der Waals surface area contributed by atoms with Gasteiger partial charge in [-0.3, -0.25) is 4.79 Å². The van der Waals surface area contributed by atoms with E-state index in [4.69, 9.17) is 0 Å². The van der Waals surface area contributed by atoms with Gasteiger partial charge in [-0.2, -0.15) is 5.10 Å². The number of carboxylic acids is 1. The van der Waals surface area contributed by atoms with Crippen LogP contribution in [0.5, 0.6) is 0 Å². The smallest absolute Gasteiger partial charge is 0.312 e. The molecule has 0 fully saturated rings. The first-order valence-electron chi connectivity index (χ1n) is 6.80. The topological polar surface area (TPSA) is 67.2 Å². The van der Waals surface area contributed by atoms with Gasteiger partial charge in [0.05, 0.1) is 11.4 Å². The van der Waals surface area contributed by atoms with Crippen molar-refractivity contribution < 1.29 is 9.90 Å². The number of fused-ring (bicyclic) bond motifs is 1. The lowest BCUT2D eigenvalue weighted by Gasteiger charge is -2.17. The minimum atomic E-state index is -0.786. The highest BCUT2D eigenvalue weighted by atomic mass is 16.4. The van der Waals surface area contributed by atoms with Gasteiger partial charge in [0.15, 0.2) is 0 Å². The number of carboxylic acid groups (broad SMARTS) is 1. The number of nitrogens with one attached hydrogen (secondary N) is 1. The zero-order valence-corrected chi connectivity index (χ0v) is 11.3. The van der Waals surface area contributed by atoms with E-state index in [9.17, 15) is 9.90 Å². The molecule has 2 aromatic rings. The van der Waals surface area contributed by atoms with E-state index in [2.05, 4.69) is 10.4 Å². The standard InChI is InChI=1S/C15H17N3O2/c1-16-14-11-8-5-9-12(15(19)20)13(11)17-18(14)10-6-3-2-4-7-10/h2-4,6-7,12,16H,5,8-9H2,1H3,(H,19,20). The average molecular weight is 271 g/mol. The van der Waals surface area contributed by atoms with Crippen molar-refractivity contribution in [3.63, 3.8) is 0 Å². The maximum absolute atomic E-state index is 11.4. The van der Waals surface area contributed by atoms with Crippen molar-refractivity contribution in [2.24, 2.45) is 0 Å². The molecule has 20 heavy (non-hydrogen) atoms. The van der Waals surface area contributed by atoms with E-state index in [0.29, 0.717) is 12.1 Å². The molecule has 1 aliphatic carbocycles. The zero-order chi connectivity index (χ0) is 14.1. The summed E-state index contributed by atoms with van der Waals surface area (Å²) in [5.41, 5.74) is 2.68. The molecule has 0 aliphatic heterocycles. The van der Waals surface area contributed by atoms with Crippen molar-refractivity contribution in [1.29, 1.82) is 0 Å². The summed E-state index contributed by atoms with van der Waals surface area (Å²) < 4.78 is 1.81. The highest BCUT2D eigenvalue weighted by Gasteiger charge is 2.32. The Hall–Kier alpha value is -2.30. The lowest BCUT2D eigenvalue weighted by molar-refractivity contribution is -0.139. The number of aliphatic carboxylic acids is 1. The van der Waals surface area contributed by atoms with E-state index < -0.39 is 11.9 Å². The van der Waals surface area contributed by atoms with Gasteiger partial charge in [0.1, 0.15) is 11.7 Å². The van der Waals surface area contributed by atoms with Gasteiger partial charge in [-0.25, -0.2) is 4.68 Å². The van der Waals surface area contributed by atoms with Crippen molar-refractivity contribution in [2.45, 2.75) is 25.2 Å². The summed E-state index contributed by atoms with van der Waals surface area (Å²) in [5, 5.41) is 17.1. The third-order valence-corrected chi connectivity index (χ3v) is 3.80. The number of para-hydroxylation sites is 1. The number of nitrogens with zero attached hydrogens (tertiary/aromatic N) is 2. The van der Waals surface area contributed by atoms with Gasteiger partial charge in [0.25, 0.3) is 0 Å². The first-order valence-corrected chi connectivity index (χ1v) is 6.80. The molecule has 1 aliphatic rings. The van der Waals surface area contributed by atoms with Crippen LogP contribution < -0.4 is 5.32 Å². The fraction of sp³-hybridized carbons (Fsp3) is 0.333. The molecular formula is C15H17N3O2. The average Bonchev–Trinajstić information content (AvgIpc) is 2.86. The zero-order valence-electron chi connectivity index (χ0n) is 11.3. The Morgan fingerprint density at radius 3 is 2.80 bits per heavy atom. The Kier molecular flexibility index (Phi) is 3.18. The second kappa shape index (κ2) is 5.00. The van der Waals surface area contributed by atoms with Gasteiger partial charge in [-0.05, 0) is 31.4 Å².